The zero-order chi connectivity index (χ0) is 11.3. The smallest absolute Gasteiger partial charge is 0.221 e. The number of hydrogen-bond donors (Lipinski definition) is 1. The topological polar surface area (TPSA) is 29.1 Å². The zero-order valence-corrected chi connectivity index (χ0v) is 11.2. The number of benzene rings is 1. The van der Waals surface area contributed by atoms with Crippen LogP contribution in [0, 0.1) is 5.92 Å². The van der Waals surface area contributed by atoms with Crippen LogP contribution in [0.5, 0.6) is 0 Å². The normalized spacial score (nSPS) is 12.5. The Morgan fingerprint density at radius 1 is 1.33 bits per heavy atom. The number of hydrogen-bond acceptors (Lipinski definition) is 1. The van der Waals surface area contributed by atoms with Crippen LogP contribution in [-0.4, -0.2) is 5.91 Å². The molecule has 2 nitrogen and oxygen atoms in total. The molecular weight excluding hydrogens is 301 g/mol. The van der Waals surface area contributed by atoms with Gasteiger partial charge in [-0.2, -0.15) is 0 Å². The standard InChI is InChI=1S/C12H16INO/c1-9(2)8-11(15)14-12(13)10-6-4-3-5-7-10/h3-7,9,12H,8H2,1-2H3,(H,14,15)/t12-/m0/s1. The van der Waals surface area contributed by atoms with E-state index in [9.17, 15) is 4.79 Å². The average Bonchev–Trinajstić information content (AvgIpc) is 2.17. The van der Waals surface area contributed by atoms with E-state index in [2.05, 4.69) is 27.9 Å². The molecule has 0 spiro atoms. The van der Waals surface area contributed by atoms with Gasteiger partial charge in [0, 0.05) is 6.42 Å². The van der Waals surface area contributed by atoms with Crippen molar-refractivity contribution in [3.63, 3.8) is 0 Å². The van der Waals surface area contributed by atoms with Crippen LogP contribution < -0.4 is 5.32 Å². The molecule has 0 fully saturated rings. The van der Waals surface area contributed by atoms with Crippen molar-refractivity contribution in [2.45, 2.75) is 24.3 Å². The number of carbonyl (C=O) groups is 1. The molecular formula is C12H16INO. The molecule has 0 bridgehead atoms. The molecule has 1 atom stereocenters. The summed E-state index contributed by atoms with van der Waals surface area (Å²) in [6.07, 6.45) is 0.590. The third-order valence-corrected chi connectivity index (χ3v) is 3.00. The summed E-state index contributed by atoms with van der Waals surface area (Å²) in [5.41, 5.74) is 1.13. The number of amides is 1. The van der Waals surface area contributed by atoms with Crippen molar-refractivity contribution >= 4 is 28.5 Å². The van der Waals surface area contributed by atoms with Crippen LogP contribution in [0.4, 0.5) is 0 Å². The van der Waals surface area contributed by atoms with Gasteiger partial charge in [0.05, 0.1) is 0 Å². The molecule has 0 saturated heterocycles. The van der Waals surface area contributed by atoms with Crippen molar-refractivity contribution in [1.29, 1.82) is 0 Å². The van der Waals surface area contributed by atoms with Crippen LogP contribution in [0.15, 0.2) is 30.3 Å². The lowest BCUT2D eigenvalue weighted by Crippen LogP contribution is -2.25. The Bertz CT molecular complexity index is 311. The first-order chi connectivity index (χ1) is 7.09. The van der Waals surface area contributed by atoms with E-state index in [-0.39, 0.29) is 9.96 Å². The highest BCUT2D eigenvalue weighted by atomic mass is 127. The summed E-state index contributed by atoms with van der Waals surface area (Å²) in [5, 5.41) is 2.98. The van der Waals surface area contributed by atoms with Crippen LogP contribution in [-0.2, 0) is 4.79 Å². The lowest BCUT2D eigenvalue weighted by molar-refractivity contribution is -0.121. The fourth-order valence-corrected chi connectivity index (χ4v) is 2.04. The number of nitrogens with one attached hydrogen (secondary N) is 1. The number of alkyl halides is 1. The minimum atomic E-state index is 0.0649. The molecule has 1 N–H and O–H groups in total. The van der Waals surface area contributed by atoms with Crippen molar-refractivity contribution < 1.29 is 4.79 Å². The summed E-state index contributed by atoms with van der Waals surface area (Å²) in [6, 6.07) is 9.98. The second kappa shape index (κ2) is 6.10. The minimum absolute atomic E-state index is 0.0649. The Morgan fingerprint density at radius 3 is 2.47 bits per heavy atom. The maximum atomic E-state index is 11.5. The minimum Gasteiger partial charge on any atom is -0.340 e. The third kappa shape index (κ3) is 4.64. The molecule has 0 aliphatic carbocycles. The predicted octanol–water partition coefficient (Wildman–Crippen LogP) is 3.28. The van der Waals surface area contributed by atoms with Gasteiger partial charge >= 0.3 is 0 Å². The highest BCUT2D eigenvalue weighted by molar-refractivity contribution is 14.1. The Hall–Kier alpha value is -0.580. The summed E-state index contributed by atoms with van der Waals surface area (Å²) < 4.78 is 0.0649. The molecule has 3 heteroatoms. The molecule has 0 saturated carbocycles. The van der Waals surface area contributed by atoms with Gasteiger partial charge in [-0.05, 0) is 11.5 Å². The molecule has 1 aromatic rings. The lowest BCUT2D eigenvalue weighted by Gasteiger charge is -2.13. The Morgan fingerprint density at radius 2 is 1.93 bits per heavy atom. The SMILES string of the molecule is CC(C)CC(=O)N[C@H](I)c1ccccc1. The van der Waals surface area contributed by atoms with Crippen molar-refractivity contribution in [3.05, 3.63) is 35.9 Å². The Labute approximate surface area is 105 Å². The lowest BCUT2D eigenvalue weighted by atomic mass is 10.1. The van der Waals surface area contributed by atoms with E-state index in [1.807, 2.05) is 44.2 Å². The van der Waals surface area contributed by atoms with Crippen LogP contribution >= 0.6 is 22.6 Å². The van der Waals surface area contributed by atoms with Gasteiger partial charge in [0.25, 0.3) is 0 Å². The Balaban J connectivity index is 2.49. The first-order valence-corrected chi connectivity index (χ1v) is 6.32. The van der Waals surface area contributed by atoms with Crippen LogP contribution in [0.1, 0.15) is 29.9 Å². The van der Waals surface area contributed by atoms with Gasteiger partial charge in [0.1, 0.15) is 4.05 Å². The van der Waals surface area contributed by atoms with Gasteiger partial charge < -0.3 is 5.32 Å². The molecule has 0 aromatic heterocycles. The fourth-order valence-electron chi connectivity index (χ4n) is 1.28. The quantitative estimate of drug-likeness (QED) is 0.515. The molecule has 0 heterocycles. The number of carbonyl (C=O) groups excluding carboxylic acids is 1. The highest BCUT2D eigenvalue weighted by Gasteiger charge is 2.11. The highest BCUT2D eigenvalue weighted by Crippen LogP contribution is 2.19. The largest absolute Gasteiger partial charge is 0.340 e. The maximum Gasteiger partial charge on any atom is 0.221 e. The van der Waals surface area contributed by atoms with E-state index >= 15 is 0 Å². The fraction of sp³-hybridized carbons (Fsp3) is 0.417. The molecule has 1 aromatic carbocycles. The van der Waals surface area contributed by atoms with Gasteiger partial charge in [0.15, 0.2) is 0 Å². The molecule has 0 aliphatic rings. The van der Waals surface area contributed by atoms with Gasteiger partial charge in [0.2, 0.25) is 5.91 Å². The zero-order valence-electron chi connectivity index (χ0n) is 9.03. The van der Waals surface area contributed by atoms with E-state index in [1.165, 1.54) is 0 Å². The first-order valence-electron chi connectivity index (χ1n) is 5.08. The van der Waals surface area contributed by atoms with E-state index < -0.39 is 0 Å². The van der Waals surface area contributed by atoms with Gasteiger partial charge in [-0.15, -0.1) is 0 Å². The first kappa shape index (κ1) is 12.5. The van der Waals surface area contributed by atoms with Crippen molar-refractivity contribution in [2.24, 2.45) is 5.92 Å². The van der Waals surface area contributed by atoms with E-state index in [4.69, 9.17) is 0 Å². The molecule has 1 rings (SSSR count). The summed E-state index contributed by atoms with van der Waals surface area (Å²) in [5.74, 6) is 0.526. The second-order valence-electron chi connectivity index (χ2n) is 3.94. The van der Waals surface area contributed by atoms with Crippen molar-refractivity contribution in [3.8, 4) is 0 Å². The summed E-state index contributed by atoms with van der Waals surface area (Å²) in [4.78, 5) is 11.5. The third-order valence-electron chi connectivity index (χ3n) is 1.97. The predicted molar refractivity (Wildman–Crippen MR) is 70.8 cm³/mol. The molecule has 1 amide bonds. The summed E-state index contributed by atoms with van der Waals surface area (Å²) >= 11 is 2.24. The Kier molecular flexibility index (Phi) is 5.08. The number of rotatable bonds is 4. The van der Waals surface area contributed by atoms with Gasteiger partial charge in [-0.3, -0.25) is 4.79 Å². The molecule has 82 valence electrons. The monoisotopic (exact) mass is 317 g/mol. The molecule has 0 aliphatic heterocycles. The van der Waals surface area contributed by atoms with Gasteiger partial charge in [-0.25, -0.2) is 0 Å². The van der Waals surface area contributed by atoms with E-state index in [0.717, 1.165) is 5.56 Å². The molecule has 0 radical (unpaired) electrons. The van der Waals surface area contributed by atoms with Crippen molar-refractivity contribution in [2.75, 3.05) is 0 Å². The van der Waals surface area contributed by atoms with E-state index in [0.29, 0.717) is 12.3 Å². The summed E-state index contributed by atoms with van der Waals surface area (Å²) in [7, 11) is 0. The molecule has 15 heavy (non-hydrogen) atoms. The maximum absolute atomic E-state index is 11.5. The van der Waals surface area contributed by atoms with E-state index in [1.54, 1.807) is 0 Å². The summed E-state index contributed by atoms with van der Waals surface area (Å²) in [6.45, 7) is 4.09. The van der Waals surface area contributed by atoms with Crippen LogP contribution in [0.2, 0.25) is 0 Å². The average molecular weight is 317 g/mol. The number of halogens is 1. The van der Waals surface area contributed by atoms with Gasteiger partial charge in [-0.1, -0.05) is 66.8 Å². The second-order valence-corrected chi connectivity index (χ2v) is 5.18. The van der Waals surface area contributed by atoms with Crippen LogP contribution in [0.3, 0.4) is 0 Å². The molecule has 0 unspecified atom stereocenters. The van der Waals surface area contributed by atoms with Crippen LogP contribution in [0.25, 0.3) is 0 Å². The van der Waals surface area contributed by atoms with Crippen molar-refractivity contribution in [1.82, 2.24) is 5.32 Å².